The molecule has 2 aromatic rings. The number of hydrogen-bond acceptors (Lipinski definition) is 5. The minimum atomic E-state index is -1.83. The Kier molecular flexibility index (Phi) is 29.9. The molecule has 308 valence electrons. The third-order valence-corrected chi connectivity index (χ3v) is 9.90. The number of carbonyl (C=O) groups is 1. The number of aliphatic imine (C=N–C) groups is 2. The Bertz CT molecular complexity index is 1330. The molecule has 9 heteroatoms. The van der Waals surface area contributed by atoms with E-state index in [1.54, 1.807) is 6.21 Å². The second-order valence-corrected chi connectivity index (χ2v) is 15.1. The molecule has 0 unspecified atom stereocenters. The number of carboxylic acid groups (broad SMARTS) is 2. The number of phenolic OH excluding ortho intramolecular Hbond substituents is 2. The number of unbranched alkanes of at least 4 members (excludes halogenated alkanes) is 6. The standard InChI is InChI=1S/C43H71N3O2.CH2O3.CH3.Cr/c1-9-13-17-20-36-28-38(42(47)40(30-36)34(5)6)32-44-22-23-45-33-39-29-37(31-41(35(7)8)43(39)48)21-18-19-27-46(24-14-10-2,25-15-11-3)26-16-12-4;2-1(3)4;;/h28-35H,9-27H2,1-8H3,(H-,44,45,47,48);(H2,2,3,4);1H3;/q;;-1;/p+1. The number of hydrogen-bond donors (Lipinski definition) is 4. The molecular formula is C45H77CrN3O5. The summed E-state index contributed by atoms with van der Waals surface area (Å²) >= 11 is 0. The van der Waals surface area contributed by atoms with Crippen molar-refractivity contribution in [3.05, 3.63) is 65.1 Å². The fourth-order valence-corrected chi connectivity index (χ4v) is 6.80. The van der Waals surface area contributed by atoms with Crippen molar-refractivity contribution in [1.29, 1.82) is 0 Å². The van der Waals surface area contributed by atoms with E-state index < -0.39 is 6.16 Å². The van der Waals surface area contributed by atoms with Crippen molar-refractivity contribution in [3.8, 4) is 11.5 Å². The number of nitrogens with zero attached hydrogens (tertiary/aromatic N) is 3. The maximum Gasteiger partial charge on any atom is 0.503 e. The molecule has 54 heavy (non-hydrogen) atoms. The molecule has 2 rings (SSSR count). The van der Waals surface area contributed by atoms with E-state index in [9.17, 15) is 10.2 Å². The molecule has 0 atom stereocenters. The first-order chi connectivity index (χ1) is 24.8. The number of aromatic hydroxyl groups is 2. The van der Waals surface area contributed by atoms with E-state index in [1.165, 1.54) is 106 Å². The van der Waals surface area contributed by atoms with Gasteiger partial charge >= 0.3 is 6.16 Å². The van der Waals surface area contributed by atoms with E-state index in [2.05, 4.69) is 89.6 Å². The molecule has 0 aliphatic rings. The predicted octanol–water partition coefficient (Wildman–Crippen LogP) is 11.8. The van der Waals surface area contributed by atoms with Gasteiger partial charge in [-0.3, -0.25) is 9.98 Å². The zero-order chi connectivity index (χ0) is 38.9. The Morgan fingerprint density at radius 2 is 0.944 bits per heavy atom. The summed E-state index contributed by atoms with van der Waals surface area (Å²) in [7, 11) is 0. The molecule has 0 aromatic heterocycles. The Balaban J connectivity index is 0. The molecule has 0 saturated heterocycles. The molecule has 0 heterocycles. The summed E-state index contributed by atoms with van der Waals surface area (Å²) in [5.41, 5.74) is 6.14. The van der Waals surface area contributed by atoms with Crippen LogP contribution in [0.25, 0.3) is 0 Å². The normalized spacial score (nSPS) is 11.5. The van der Waals surface area contributed by atoms with Crippen LogP contribution in [0.2, 0.25) is 0 Å². The zero-order valence-electron chi connectivity index (χ0n) is 35.5. The van der Waals surface area contributed by atoms with Gasteiger partial charge in [-0.25, -0.2) is 4.79 Å². The average Bonchev–Trinajstić information content (AvgIpc) is 3.10. The third-order valence-electron chi connectivity index (χ3n) is 9.90. The van der Waals surface area contributed by atoms with Crippen LogP contribution < -0.4 is 0 Å². The van der Waals surface area contributed by atoms with Crippen LogP contribution >= 0.6 is 0 Å². The number of phenols is 2. The minimum Gasteiger partial charge on any atom is -0.507 e. The topological polar surface area (TPSA) is 123 Å². The van der Waals surface area contributed by atoms with E-state index in [4.69, 9.17) is 15.0 Å². The van der Waals surface area contributed by atoms with Gasteiger partial charge in [-0.15, -0.1) is 0 Å². The van der Waals surface area contributed by atoms with Gasteiger partial charge in [0.1, 0.15) is 11.5 Å². The van der Waals surface area contributed by atoms with E-state index in [0.717, 1.165) is 41.5 Å². The largest absolute Gasteiger partial charge is 0.507 e. The Morgan fingerprint density at radius 1 is 0.611 bits per heavy atom. The third kappa shape index (κ3) is 20.7. The number of rotatable bonds is 25. The molecule has 0 radical (unpaired) electrons. The SMILES string of the molecule is CCCCCc1cc(C=NCCN=Cc2cc(CCCC[N+](CCCC)(CCCC)CCCC)cc(C(C)C)c2O)c(O)c(C(C)C)c1.O=C(O)O.[CH3-].[Cr]. The van der Waals surface area contributed by atoms with Crippen LogP contribution in [0.1, 0.15) is 171 Å². The van der Waals surface area contributed by atoms with Crippen molar-refractivity contribution in [3.63, 3.8) is 0 Å². The summed E-state index contributed by atoms with van der Waals surface area (Å²) in [6.45, 7) is 24.0. The van der Waals surface area contributed by atoms with Crippen molar-refractivity contribution in [2.75, 3.05) is 39.3 Å². The van der Waals surface area contributed by atoms with Crippen molar-refractivity contribution in [2.45, 2.75) is 151 Å². The Labute approximate surface area is 341 Å². The predicted molar refractivity (Wildman–Crippen MR) is 227 cm³/mol. The van der Waals surface area contributed by atoms with E-state index in [1.807, 2.05) is 6.21 Å². The molecule has 0 saturated carbocycles. The fourth-order valence-electron chi connectivity index (χ4n) is 6.80. The smallest absolute Gasteiger partial charge is 0.503 e. The van der Waals surface area contributed by atoms with Gasteiger partial charge in [0.05, 0.1) is 39.3 Å². The van der Waals surface area contributed by atoms with E-state index in [-0.39, 0.29) is 36.6 Å². The van der Waals surface area contributed by atoms with Crippen molar-refractivity contribution >= 4 is 18.6 Å². The molecule has 4 N–H and O–H groups in total. The van der Waals surface area contributed by atoms with Crippen molar-refractivity contribution in [1.82, 2.24) is 0 Å². The quantitative estimate of drug-likeness (QED) is 0.0345. The van der Waals surface area contributed by atoms with Gasteiger partial charge in [0, 0.05) is 40.9 Å². The zero-order valence-corrected chi connectivity index (χ0v) is 36.8. The van der Waals surface area contributed by atoms with E-state index >= 15 is 0 Å². The molecule has 0 spiro atoms. The van der Waals surface area contributed by atoms with Gasteiger partial charge in [0.2, 0.25) is 0 Å². The molecular weight excluding hydrogens is 715 g/mol. The molecule has 0 aliphatic carbocycles. The Morgan fingerprint density at radius 3 is 1.28 bits per heavy atom. The molecule has 8 nitrogen and oxygen atoms in total. The maximum atomic E-state index is 11.1. The summed E-state index contributed by atoms with van der Waals surface area (Å²) < 4.78 is 1.30. The van der Waals surface area contributed by atoms with Crippen molar-refractivity contribution < 1.29 is 47.1 Å². The molecule has 0 amide bonds. The number of quaternary nitrogens is 1. The van der Waals surface area contributed by atoms with Crippen LogP contribution in [0.3, 0.4) is 0 Å². The van der Waals surface area contributed by atoms with E-state index in [0.29, 0.717) is 24.6 Å². The minimum absolute atomic E-state index is 0. The van der Waals surface area contributed by atoms with Crippen LogP contribution in [0.15, 0.2) is 34.3 Å². The molecule has 2 aromatic carbocycles. The van der Waals surface area contributed by atoms with Crippen LogP contribution in [0, 0.1) is 7.43 Å². The van der Waals surface area contributed by atoms with Crippen LogP contribution in [0.4, 0.5) is 4.79 Å². The summed E-state index contributed by atoms with van der Waals surface area (Å²) in [4.78, 5) is 17.8. The van der Waals surface area contributed by atoms with Gasteiger partial charge in [0.15, 0.2) is 0 Å². The first-order valence-electron chi connectivity index (χ1n) is 20.3. The average molecular weight is 792 g/mol. The summed E-state index contributed by atoms with van der Waals surface area (Å²) in [6.07, 6.45) is 17.6. The molecule has 0 bridgehead atoms. The number of benzene rings is 2. The van der Waals surface area contributed by atoms with Gasteiger partial charge in [0.25, 0.3) is 0 Å². The van der Waals surface area contributed by atoms with Crippen LogP contribution in [-0.2, 0) is 30.2 Å². The molecule has 0 aliphatic heterocycles. The summed E-state index contributed by atoms with van der Waals surface area (Å²) in [5, 5.41) is 36.0. The van der Waals surface area contributed by atoms with Crippen LogP contribution in [-0.4, -0.2) is 82.8 Å². The first kappa shape index (κ1) is 53.2. The maximum absolute atomic E-state index is 11.1. The monoisotopic (exact) mass is 792 g/mol. The summed E-state index contributed by atoms with van der Waals surface area (Å²) in [5.74, 6) is 1.18. The second kappa shape index (κ2) is 30.4. The summed E-state index contributed by atoms with van der Waals surface area (Å²) in [6, 6.07) is 8.59. The van der Waals surface area contributed by atoms with Crippen LogP contribution in [0.5, 0.6) is 11.5 Å². The van der Waals surface area contributed by atoms with Crippen molar-refractivity contribution in [2.24, 2.45) is 9.98 Å². The van der Waals surface area contributed by atoms with Gasteiger partial charge in [-0.1, -0.05) is 99.6 Å². The fraction of sp³-hybridized carbons (Fsp3) is 0.644. The number of aryl methyl sites for hydroxylation is 2. The Hall–Kier alpha value is -2.86. The second-order valence-electron chi connectivity index (χ2n) is 15.1. The van der Waals surface area contributed by atoms with Gasteiger partial charge in [-0.05, 0) is 97.6 Å². The van der Waals surface area contributed by atoms with Gasteiger partial charge in [-0.2, -0.15) is 0 Å². The molecule has 0 fully saturated rings. The first-order valence-corrected chi connectivity index (χ1v) is 20.3. The van der Waals surface area contributed by atoms with Gasteiger partial charge < -0.3 is 32.3 Å².